The fourth-order valence-electron chi connectivity index (χ4n) is 1.93. The molecule has 2 aromatic carbocycles. The molecule has 0 heterocycles. The van der Waals surface area contributed by atoms with Crippen molar-refractivity contribution >= 4 is 33.5 Å². The van der Waals surface area contributed by atoms with E-state index in [0.29, 0.717) is 27.9 Å². The van der Waals surface area contributed by atoms with Gasteiger partial charge in [-0.05, 0) is 59.6 Å². The van der Waals surface area contributed by atoms with Crippen molar-refractivity contribution in [3.63, 3.8) is 0 Å². The monoisotopic (exact) mass is 361 g/mol. The Morgan fingerprint density at radius 2 is 1.91 bits per heavy atom. The van der Waals surface area contributed by atoms with Gasteiger partial charge in [-0.2, -0.15) is 0 Å². The third-order valence-corrected chi connectivity index (χ3v) is 3.81. The van der Waals surface area contributed by atoms with E-state index in [4.69, 9.17) is 4.74 Å². The molecule has 0 radical (unpaired) electrons. The van der Waals surface area contributed by atoms with Crippen molar-refractivity contribution in [1.29, 1.82) is 0 Å². The number of hydrogen-bond acceptors (Lipinski definition) is 3. The van der Waals surface area contributed by atoms with E-state index in [0.717, 1.165) is 5.56 Å². The molecule has 0 spiro atoms. The normalized spacial score (nSPS) is 10.1. The third-order valence-electron chi connectivity index (χ3n) is 3.12. The van der Waals surface area contributed by atoms with Gasteiger partial charge >= 0.3 is 5.97 Å². The van der Waals surface area contributed by atoms with E-state index in [-0.39, 0.29) is 5.91 Å². The zero-order valence-electron chi connectivity index (χ0n) is 12.4. The number of aryl methyl sites for hydroxylation is 1. The summed E-state index contributed by atoms with van der Waals surface area (Å²) in [4.78, 5) is 24.1. The molecule has 22 heavy (non-hydrogen) atoms. The number of halogens is 1. The van der Waals surface area contributed by atoms with E-state index < -0.39 is 5.97 Å². The lowest BCUT2D eigenvalue weighted by atomic mass is 10.1. The highest BCUT2D eigenvalue weighted by atomic mass is 79.9. The molecule has 0 aliphatic heterocycles. The lowest BCUT2D eigenvalue weighted by Crippen LogP contribution is -2.14. The quantitative estimate of drug-likeness (QED) is 0.830. The highest BCUT2D eigenvalue weighted by Crippen LogP contribution is 2.21. The summed E-state index contributed by atoms with van der Waals surface area (Å²) in [5.74, 6) is -0.643. The van der Waals surface area contributed by atoms with Gasteiger partial charge in [0.2, 0.25) is 0 Å². The second-order valence-electron chi connectivity index (χ2n) is 4.68. The van der Waals surface area contributed by atoms with Crippen molar-refractivity contribution < 1.29 is 14.3 Å². The van der Waals surface area contributed by atoms with Gasteiger partial charge in [-0.25, -0.2) is 4.79 Å². The molecule has 1 amide bonds. The summed E-state index contributed by atoms with van der Waals surface area (Å²) in [5.41, 5.74) is 2.40. The maximum atomic E-state index is 12.3. The van der Waals surface area contributed by atoms with Crippen LogP contribution in [0.15, 0.2) is 46.9 Å². The number of esters is 1. The Morgan fingerprint density at radius 1 is 1.18 bits per heavy atom. The van der Waals surface area contributed by atoms with E-state index >= 15 is 0 Å². The number of carbonyl (C=O) groups is 2. The van der Waals surface area contributed by atoms with Crippen LogP contribution in [0, 0.1) is 6.92 Å². The smallest absolute Gasteiger partial charge is 0.338 e. The summed E-state index contributed by atoms with van der Waals surface area (Å²) in [6, 6.07) is 12.3. The standard InChI is InChI=1S/C17H16BrNO3/c1-3-22-17(21)12-9-8-11(2)15(10-12)19-16(20)13-6-4-5-7-14(13)18/h4-10H,3H2,1-2H3,(H,19,20). The first kappa shape index (κ1) is 16.2. The molecule has 114 valence electrons. The molecule has 2 aromatic rings. The van der Waals surface area contributed by atoms with Crippen molar-refractivity contribution in [1.82, 2.24) is 0 Å². The van der Waals surface area contributed by atoms with Crippen LogP contribution in [0.2, 0.25) is 0 Å². The van der Waals surface area contributed by atoms with E-state index in [1.807, 2.05) is 13.0 Å². The van der Waals surface area contributed by atoms with E-state index in [1.54, 1.807) is 43.3 Å². The Bertz CT molecular complexity index is 713. The first-order valence-electron chi connectivity index (χ1n) is 6.86. The van der Waals surface area contributed by atoms with Gasteiger partial charge in [0.05, 0.1) is 17.7 Å². The van der Waals surface area contributed by atoms with Gasteiger partial charge in [0.1, 0.15) is 0 Å². The second kappa shape index (κ2) is 7.22. The molecule has 0 aliphatic rings. The minimum absolute atomic E-state index is 0.239. The maximum absolute atomic E-state index is 12.3. The Labute approximate surface area is 137 Å². The summed E-state index contributed by atoms with van der Waals surface area (Å²) >= 11 is 3.35. The number of carbonyl (C=O) groups excluding carboxylic acids is 2. The molecule has 0 aromatic heterocycles. The van der Waals surface area contributed by atoms with Crippen molar-refractivity contribution in [2.75, 3.05) is 11.9 Å². The fraction of sp³-hybridized carbons (Fsp3) is 0.176. The Morgan fingerprint density at radius 3 is 2.59 bits per heavy atom. The van der Waals surface area contributed by atoms with Crippen LogP contribution in [0.5, 0.6) is 0 Å². The van der Waals surface area contributed by atoms with Crippen LogP contribution in [0.1, 0.15) is 33.2 Å². The van der Waals surface area contributed by atoms with Gasteiger partial charge < -0.3 is 10.1 Å². The lowest BCUT2D eigenvalue weighted by Gasteiger charge is -2.11. The molecular formula is C17H16BrNO3. The largest absolute Gasteiger partial charge is 0.462 e. The number of rotatable bonds is 4. The van der Waals surface area contributed by atoms with Gasteiger partial charge in [-0.15, -0.1) is 0 Å². The highest BCUT2D eigenvalue weighted by Gasteiger charge is 2.13. The van der Waals surface area contributed by atoms with Gasteiger partial charge in [0.25, 0.3) is 5.91 Å². The molecular weight excluding hydrogens is 346 g/mol. The number of ether oxygens (including phenoxy) is 1. The summed E-state index contributed by atoms with van der Waals surface area (Å²) < 4.78 is 5.69. The third kappa shape index (κ3) is 3.74. The minimum Gasteiger partial charge on any atom is -0.462 e. The van der Waals surface area contributed by atoms with Crippen LogP contribution in [0.4, 0.5) is 5.69 Å². The minimum atomic E-state index is -0.404. The SMILES string of the molecule is CCOC(=O)c1ccc(C)c(NC(=O)c2ccccc2Br)c1. The van der Waals surface area contributed by atoms with Gasteiger partial charge in [0.15, 0.2) is 0 Å². The number of anilines is 1. The molecule has 2 rings (SSSR count). The van der Waals surface area contributed by atoms with Crippen LogP contribution in [0.25, 0.3) is 0 Å². The average Bonchev–Trinajstić information content (AvgIpc) is 2.50. The van der Waals surface area contributed by atoms with Crippen LogP contribution in [-0.2, 0) is 4.74 Å². The van der Waals surface area contributed by atoms with Crippen molar-refractivity contribution in [2.24, 2.45) is 0 Å². The van der Waals surface area contributed by atoms with Crippen molar-refractivity contribution in [2.45, 2.75) is 13.8 Å². The van der Waals surface area contributed by atoms with Crippen LogP contribution in [-0.4, -0.2) is 18.5 Å². The Balaban J connectivity index is 2.25. The molecule has 0 bridgehead atoms. The van der Waals surface area contributed by atoms with E-state index in [1.165, 1.54) is 0 Å². The first-order chi connectivity index (χ1) is 10.5. The molecule has 0 saturated carbocycles. The van der Waals surface area contributed by atoms with Crippen LogP contribution >= 0.6 is 15.9 Å². The van der Waals surface area contributed by atoms with Crippen molar-refractivity contribution in [3.05, 3.63) is 63.6 Å². The van der Waals surface area contributed by atoms with Gasteiger partial charge in [0, 0.05) is 10.2 Å². The lowest BCUT2D eigenvalue weighted by molar-refractivity contribution is 0.0526. The fourth-order valence-corrected chi connectivity index (χ4v) is 2.40. The second-order valence-corrected chi connectivity index (χ2v) is 5.54. The molecule has 0 fully saturated rings. The molecule has 0 aliphatic carbocycles. The summed E-state index contributed by atoms with van der Waals surface area (Å²) in [6.45, 7) is 3.93. The van der Waals surface area contributed by atoms with Gasteiger partial charge in [-0.1, -0.05) is 18.2 Å². The van der Waals surface area contributed by atoms with Gasteiger partial charge in [-0.3, -0.25) is 4.79 Å². The predicted molar refractivity (Wildman–Crippen MR) is 89.2 cm³/mol. The zero-order valence-corrected chi connectivity index (χ0v) is 13.9. The van der Waals surface area contributed by atoms with E-state index in [2.05, 4.69) is 21.2 Å². The number of benzene rings is 2. The summed E-state index contributed by atoms with van der Waals surface area (Å²) in [7, 11) is 0. The topological polar surface area (TPSA) is 55.4 Å². The summed E-state index contributed by atoms with van der Waals surface area (Å²) in [5, 5.41) is 2.83. The molecule has 0 atom stereocenters. The number of hydrogen-bond donors (Lipinski definition) is 1. The first-order valence-corrected chi connectivity index (χ1v) is 7.66. The Hall–Kier alpha value is -2.14. The maximum Gasteiger partial charge on any atom is 0.338 e. The molecule has 0 saturated heterocycles. The number of amides is 1. The molecule has 5 heteroatoms. The zero-order chi connectivity index (χ0) is 16.1. The van der Waals surface area contributed by atoms with Crippen molar-refractivity contribution in [3.8, 4) is 0 Å². The molecule has 4 nitrogen and oxygen atoms in total. The van der Waals surface area contributed by atoms with E-state index in [9.17, 15) is 9.59 Å². The number of nitrogens with one attached hydrogen (secondary N) is 1. The van der Waals surface area contributed by atoms with Crippen LogP contribution < -0.4 is 5.32 Å². The summed E-state index contributed by atoms with van der Waals surface area (Å²) in [6.07, 6.45) is 0. The average molecular weight is 362 g/mol. The highest BCUT2D eigenvalue weighted by molar-refractivity contribution is 9.10. The molecule has 1 N–H and O–H groups in total. The van der Waals surface area contributed by atoms with Crippen LogP contribution in [0.3, 0.4) is 0 Å². The predicted octanol–water partition coefficient (Wildman–Crippen LogP) is 4.19. The Kier molecular flexibility index (Phi) is 5.33. The molecule has 0 unspecified atom stereocenters.